The van der Waals surface area contributed by atoms with E-state index in [0.29, 0.717) is 12.2 Å². The fourth-order valence-electron chi connectivity index (χ4n) is 1.34. The number of hydrogen-bond acceptors (Lipinski definition) is 4. The lowest BCUT2D eigenvalue weighted by Crippen LogP contribution is -2.24. The Morgan fingerprint density at radius 2 is 2.36 bits per heavy atom. The average molecular weight is 193 g/mol. The van der Waals surface area contributed by atoms with E-state index in [-0.39, 0.29) is 11.7 Å². The molecule has 0 saturated carbocycles. The third-order valence-corrected chi connectivity index (χ3v) is 2.11. The van der Waals surface area contributed by atoms with E-state index in [0.717, 1.165) is 12.8 Å². The molecule has 1 aromatic rings. The van der Waals surface area contributed by atoms with Gasteiger partial charge in [-0.05, 0) is 6.42 Å². The highest BCUT2D eigenvalue weighted by Gasteiger charge is 2.18. The summed E-state index contributed by atoms with van der Waals surface area (Å²) >= 11 is 0. The standard InChI is InChI=1S/C10H15N3O/c1-2-3-8(6-11)10(14)9-7-12-4-5-13-9/h4-5,7-8H,2-3,6,11H2,1H3. The van der Waals surface area contributed by atoms with Crippen molar-refractivity contribution < 1.29 is 4.79 Å². The van der Waals surface area contributed by atoms with Crippen LogP contribution in [0.3, 0.4) is 0 Å². The first-order chi connectivity index (χ1) is 6.79. The number of aromatic nitrogens is 2. The van der Waals surface area contributed by atoms with Crippen LogP contribution in [0.1, 0.15) is 30.3 Å². The van der Waals surface area contributed by atoms with Gasteiger partial charge < -0.3 is 5.73 Å². The molecule has 0 spiro atoms. The van der Waals surface area contributed by atoms with E-state index in [2.05, 4.69) is 9.97 Å². The van der Waals surface area contributed by atoms with Gasteiger partial charge in [0.1, 0.15) is 5.69 Å². The average Bonchev–Trinajstić information content (AvgIpc) is 2.26. The van der Waals surface area contributed by atoms with Crippen molar-refractivity contribution in [3.8, 4) is 0 Å². The Morgan fingerprint density at radius 3 is 2.86 bits per heavy atom. The van der Waals surface area contributed by atoms with Crippen molar-refractivity contribution >= 4 is 5.78 Å². The molecule has 0 aliphatic rings. The SMILES string of the molecule is CCCC(CN)C(=O)c1cnccn1. The van der Waals surface area contributed by atoms with Crippen LogP contribution >= 0.6 is 0 Å². The van der Waals surface area contributed by atoms with Crippen molar-refractivity contribution in [1.82, 2.24) is 9.97 Å². The summed E-state index contributed by atoms with van der Waals surface area (Å²) in [5.74, 6) is -0.112. The number of carbonyl (C=O) groups is 1. The quantitative estimate of drug-likeness (QED) is 0.709. The van der Waals surface area contributed by atoms with Crippen LogP contribution in [0.25, 0.3) is 0 Å². The van der Waals surface area contributed by atoms with E-state index in [1.54, 1.807) is 6.20 Å². The molecule has 0 fully saturated rings. The van der Waals surface area contributed by atoms with Crippen molar-refractivity contribution in [2.75, 3.05) is 6.54 Å². The molecule has 0 amide bonds. The zero-order chi connectivity index (χ0) is 10.4. The van der Waals surface area contributed by atoms with E-state index in [1.165, 1.54) is 12.4 Å². The fraction of sp³-hybridized carbons (Fsp3) is 0.500. The van der Waals surface area contributed by atoms with Gasteiger partial charge in [0, 0.05) is 24.9 Å². The van der Waals surface area contributed by atoms with Gasteiger partial charge >= 0.3 is 0 Å². The number of ketones is 1. The smallest absolute Gasteiger partial charge is 0.187 e. The van der Waals surface area contributed by atoms with Gasteiger partial charge in [0.25, 0.3) is 0 Å². The Hall–Kier alpha value is -1.29. The lowest BCUT2D eigenvalue weighted by atomic mass is 9.97. The van der Waals surface area contributed by atoms with Crippen LogP contribution in [0.2, 0.25) is 0 Å². The summed E-state index contributed by atoms with van der Waals surface area (Å²) in [5, 5.41) is 0. The minimum absolute atomic E-state index is 0.00227. The minimum atomic E-state index is -0.114. The number of carbonyl (C=O) groups excluding carboxylic acids is 1. The number of Topliss-reactive ketones (excluding diaryl/α,β-unsaturated/α-hetero) is 1. The van der Waals surface area contributed by atoms with Crippen LogP contribution in [-0.4, -0.2) is 22.3 Å². The minimum Gasteiger partial charge on any atom is -0.330 e. The highest BCUT2D eigenvalue weighted by molar-refractivity contribution is 5.95. The molecule has 1 unspecified atom stereocenters. The maximum absolute atomic E-state index is 11.8. The number of nitrogens with two attached hydrogens (primary N) is 1. The third kappa shape index (κ3) is 2.60. The molecule has 1 aromatic heterocycles. The molecule has 2 N–H and O–H groups in total. The monoisotopic (exact) mass is 193 g/mol. The second-order valence-corrected chi connectivity index (χ2v) is 3.18. The van der Waals surface area contributed by atoms with Crippen LogP contribution in [0.5, 0.6) is 0 Å². The van der Waals surface area contributed by atoms with Gasteiger partial charge in [0.15, 0.2) is 5.78 Å². The first-order valence-electron chi connectivity index (χ1n) is 4.79. The molecule has 0 saturated heterocycles. The van der Waals surface area contributed by atoms with Crippen LogP contribution in [0.15, 0.2) is 18.6 Å². The Labute approximate surface area is 83.6 Å². The van der Waals surface area contributed by atoms with E-state index in [4.69, 9.17) is 5.73 Å². The van der Waals surface area contributed by atoms with Crippen LogP contribution < -0.4 is 5.73 Å². The second kappa shape index (κ2) is 5.44. The first-order valence-corrected chi connectivity index (χ1v) is 4.79. The summed E-state index contributed by atoms with van der Waals surface area (Å²) in [6.45, 7) is 2.41. The van der Waals surface area contributed by atoms with E-state index in [1.807, 2.05) is 6.92 Å². The van der Waals surface area contributed by atoms with Crippen molar-refractivity contribution in [2.24, 2.45) is 11.7 Å². The summed E-state index contributed by atoms with van der Waals surface area (Å²) in [5.41, 5.74) is 5.94. The predicted molar refractivity (Wildman–Crippen MR) is 53.8 cm³/mol. The largest absolute Gasteiger partial charge is 0.330 e. The molecular formula is C10H15N3O. The van der Waals surface area contributed by atoms with Crippen molar-refractivity contribution in [1.29, 1.82) is 0 Å². The zero-order valence-electron chi connectivity index (χ0n) is 8.31. The van der Waals surface area contributed by atoms with Gasteiger partial charge in [-0.25, -0.2) is 4.98 Å². The molecule has 4 nitrogen and oxygen atoms in total. The molecule has 0 bridgehead atoms. The van der Waals surface area contributed by atoms with Gasteiger partial charge in [-0.1, -0.05) is 13.3 Å². The molecule has 4 heteroatoms. The number of nitrogens with zero attached hydrogens (tertiary/aromatic N) is 2. The Kier molecular flexibility index (Phi) is 4.19. The summed E-state index contributed by atoms with van der Waals surface area (Å²) in [6.07, 6.45) is 6.32. The molecule has 0 aromatic carbocycles. The Morgan fingerprint density at radius 1 is 1.57 bits per heavy atom. The molecule has 1 atom stereocenters. The van der Waals surface area contributed by atoms with Gasteiger partial charge in [0.05, 0.1) is 6.20 Å². The summed E-state index contributed by atoms with van der Waals surface area (Å²) in [7, 11) is 0. The molecule has 0 radical (unpaired) electrons. The molecule has 76 valence electrons. The van der Waals surface area contributed by atoms with Crippen molar-refractivity contribution in [3.63, 3.8) is 0 Å². The van der Waals surface area contributed by atoms with Gasteiger partial charge in [-0.2, -0.15) is 0 Å². The van der Waals surface area contributed by atoms with Gasteiger partial charge in [-0.3, -0.25) is 9.78 Å². The normalized spacial score (nSPS) is 12.4. The second-order valence-electron chi connectivity index (χ2n) is 3.18. The topological polar surface area (TPSA) is 68.9 Å². The Balaban J connectivity index is 2.73. The number of rotatable bonds is 5. The molecule has 1 heterocycles. The summed E-state index contributed by atoms with van der Waals surface area (Å²) in [6, 6.07) is 0. The summed E-state index contributed by atoms with van der Waals surface area (Å²) in [4.78, 5) is 19.6. The molecular weight excluding hydrogens is 178 g/mol. The number of hydrogen-bond donors (Lipinski definition) is 1. The summed E-state index contributed by atoms with van der Waals surface area (Å²) < 4.78 is 0. The lowest BCUT2D eigenvalue weighted by molar-refractivity contribution is 0.0912. The van der Waals surface area contributed by atoms with Crippen LogP contribution in [0.4, 0.5) is 0 Å². The third-order valence-electron chi connectivity index (χ3n) is 2.11. The molecule has 0 aliphatic heterocycles. The highest BCUT2D eigenvalue weighted by Crippen LogP contribution is 2.10. The molecule has 1 rings (SSSR count). The first kappa shape index (κ1) is 10.8. The molecule has 14 heavy (non-hydrogen) atoms. The van der Waals surface area contributed by atoms with Crippen LogP contribution in [-0.2, 0) is 0 Å². The Bertz CT molecular complexity index is 287. The van der Waals surface area contributed by atoms with E-state index in [9.17, 15) is 4.79 Å². The van der Waals surface area contributed by atoms with Gasteiger partial charge in [-0.15, -0.1) is 0 Å². The highest BCUT2D eigenvalue weighted by atomic mass is 16.1. The zero-order valence-corrected chi connectivity index (χ0v) is 8.31. The van der Waals surface area contributed by atoms with Crippen LogP contribution in [0, 0.1) is 5.92 Å². The van der Waals surface area contributed by atoms with Gasteiger partial charge in [0.2, 0.25) is 0 Å². The predicted octanol–water partition coefficient (Wildman–Crippen LogP) is 1.03. The lowest BCUT2D eigenvalue weighted by Gasteiger charge is -2.10. The van der Waals surface area contributed by atoms with E-state index >= 15 is 0 Å². The van der Waals surface area contributed by atoms with Crippen molar-refractivity contribution in [3.05, 3.63) is 24.3 Å². The molecule has 0 aliphatic carbocycles. The van der Waals surface area contributed by atoms with E-state index < -0.39 is 0 Å². The maximum atomic E-state index is 11.8. The fourth-order valence-corrected chi connectivity index (χ4v) is 1.34. The van der Waals surface area contributed by atoms with Crippen molar-refractivity contribution in [2.45, 2.75) is 19.8 Å². The maximum Gasteiger partial charge on any atom is 0.187 e.